The topological polar surface area (TPSA) is 56.7 Å². The van der Waals surface area contributed by atoms with Crippen molar-refractivity contribution in [2.75, 3.05) is 31.1 Å². The number of carbonyl (C=O) groups excluding carboxylic acids is 1. The Morgan fingerprint density at radius 3 is 2.70 bits per heavy atom. The molecule has 5 nitrogen and oxygen atoms in total. The normalized spacial score (nSPS) is 23.7. The molecule has 1 aromatic rings. The molecule has 0 aliphatic carbocycles. The van der Waals surface area contributed by atoms with Gasteiger partial charge in [0, 0.05) is 50.2 Å². The summed E-state index contributed by atoms with van der Waals surface area (Å²) in [6, 6.07) is 2.06. The summed E-state index contributed by atoms with van der Waals surface area (Å²) in [7, 11) is 0. The fraction of sp³-hybridized carbons (Fsp3) is 0.667. The van der Waals surface area contributed by atoms with Crippen molar-refractivity contribution in [2.45, 2.75) is 45.1 Å². The first-order chi connectivity index (χ1) is 11.1. The number of amides is 1. The van der Waals surface area contributed by atoms with Crippen LogP contribution in [-0.4, -0.2) is 53.2 Å². The Balaban J connectivity index is 1.56. The van der Waals surface area contributed by atoms with Crippen LogP contribution in [0, 0.1) is 12.8 Å². The third-order valence-corrected chi connectivity index (χ3v) is 5.18. The van der Waals surface area contributed by atoms with E-state index in [9.17, 15) is 9.90 Å². The summed E-state index contributed by atoms with van der Waals surface area (Å²) in [5.74, 6) is 0.439. The largest absolute Gasteiger partial charge is 0.393 e. The maximum atomic E-state index is 12.7. The molecule has 1 atom stereocenters. The van der Waals surface area contributed by atoms with Crippen molar-refractivity contribution in [1.29, 1.82) is 0 Å². The van der Waals surface area contributed by atoms with Crippen LogP contribution in [0.2, 0.25) is 0 Å². The highest BCUT2D eigenvalue weighted by atomic mass is 16.3. The number of rotatable bonds is 2. The molecule has 126 valence electrons. The van der Waals surface area contributed by atoms with E-state index in [0.717, 1.165) is 51.7 Å². The van der Waals surface area contributed by atoms with Gasteiger partial charge < -0.3 is 14.9 Å². The van der Waals surface area contributed by atoms with E-state index in [0.29, 0.717) is 12.5 Å². The van der Waals surface area contributed by atoms with Crippen LogP contribution < -0.4 is 4.90 Å². The molecule has 1 aromatic heterocycles. The monoisotopic (exact) mass is 317 g/mol. The number of aliphatic hydroxyl groups excluding tert-OH is 1. The molecule has 0 radical (unpaired) electrons. The van der Waals surface area contributed by atoms with Crippen LogP contribution in [0.3, 0.4) is 0 Å². The van der Waals surface area contributed by atoms with Crippen LogP contribution in [0.4, 0.5) is 5.69 Å². The smallest absolute Gasteiger partial charge is 0.225 e. The number of aromatic nitrogens is 1. The lowest BCUT2D eigenvalue weighted by Gasteiger charge is -2.35. The minimum Gasteiger partial charge on any atom is -0.393 e. The number of aryl methyl sites for hydroxylation is 1. The van der Waals surface area contributed by atoms with Crippen LogP contribution in [0.1, 0.15) is 37.7 Å². The molecule has 0 saturated carbocycles. The van der Waals surface area contributed by atoms with Gasteiger partial charge in [-0.25, -0.2) is 0 Å². The Morgan fingerprint density at radius 2 is 1.96 bits per heavy atom. The molecule has 0 aromatic carbocycles. The summed E-state index contributed by atoms with van der Waals surface area (Å²) in [6.07, 6.45) is 7.80. The molecule has 23 heavy (non-hydrogen) atoms. The van der Waals surface area contributed by atoms with Crippen molar-refractivity contribution in [1.82, 2.24) is 9.88 Å². The molecular weight excluding hydrogens is 290 g/mol. The maximum Gasteiger partial charge on any atom is 0.225 e. The molecule has 0 spiro atoms. The zero-order valence-electron chi connectivity index (χ0n) is 13.9. The molecule has 2 saturated heterocycles. The van der Waals surface area contributed by atoms with Crippen molar-refractivity contribution < 1.29 is 9.90 Å². The van der Waals surface area contributed by atoms with Gasteiger partial charge in [-0.2, -0.15) is 0 Å². The van der Waals surface area contributed by atoms with E-state index >= 15 is 0 Å². The molecule has 5 heteroatoms. The minimum atomic E-state index is -0.232. The van der Waals surface area contributed by atoms with Crippen LogP contribution in [0.15, 0.2) is 18.5 Å². The average Bonchev–Trinajstić information content (AvgIpc) is 2.79. The molecule has 3 rings (SSSR count). The van der Waals surface area contributed by atoms with Crippen molar-refractivity contribution in [3.05, 3.63) is 24.0 Å². The van der Waals surface area contributed by atoms with Crippen molar-refractivity contribution in [2.24, 2.45) is 5.92 Å². The fourth-order valence-electron chi connectivity index (χ4n) is 3.75. The fourth-order valence-corrected chi connectivity index (χ4v) is 3.75. The van der Waals surface area contributed by atoms with E-state index < -0.39 is 0 Å². The summed E-state index contributed by atoms with van der Waals surface area (Å²) in [6.45, 7) is 5.46. The average molecular weight is 317 g/mol. The molecule has 1 amide bonds. The first kappa shape index (κ1) is 16.2. The van der Waals surface area contributed by atoms with E-state index in [2.05, 4.69) is 22.9 Å². The van der Waals surface area contributed by atoms with E-state index in [1.807, 2.05) is 17.3 Å². The molecule has 1 N–H and O–H groups in total. The number of anilines is 1. The van der Waals surface area contributed by atoms with Crippen LogP contribution in [-0.2, 0) is 4.79 Å². The molecular formula is C18H27N3O2. The summed E-state index contributed by atoms with van der Waals surface area (Å²) in [5, 5.41) is 9.74. The zero-order valence-corrected chi connectivity index (χ0v) is 13.9. The van der Waals surface area contributed by atoms with Gasteiger partial charge >= 0.3 is 0 Å². The Bertz CT molecular complexity index is 541. The van der Waals surface area contributed by atoms with Gasteiger partial charge in [0.2, 0.25) is 5.91 Å². The molecule has 1 unspecified atom stereocenters. The predicted molar refractivity (Wildman–Crippen MR) is 90.3 cm³/mol. The summed E-state index contributed by atoms with van der Waals surface area (Å²) in [4.78, 5) is 21.2. The predicted octanol–water partition coefficient (Wildman–Crippen LogP) is 1.98. The quantitative estimate of drug-likeness (QED) is 0.906. The Hall–Kier alpha value is -1.62. The Morgan fingerprint density at radius 1 is 1.17 bits per heavy atom. The Kier molecular flexibility index (Phi) is 5.16. The van der Waals surface area contributed by atoms with Crippen molar-refractivity contribution in [3.63, 3.8) is 0 Å². The van der Waals surface area contributed by atoms with E-state index in [4.69, 9.17) is 0 Å². The second-order valence-electron chi connectivity index (χ2n) is 6.83. The number of piperidine rings is 1. The van der Waals surface area contributed by atoms with Gasteiger partial charge in [-0.3, -0.25) is 9.78 Å². The molecule has 3 heterocycles. The number of pyridine rings is 1. The van der Waals surface area contributed by atoms with Crippen molar-refractivity contribution >= 4 is 11.6 Å². The molecule has 2 aliphatic heterocycles. The number of likely N-dealkylation sites (tertiary alicyclic amines) is 1. The van der Waals surface area contributed by atoms with Crippen LogP contribution in [0.25, 0.3) is 0 Å². The summed E-state index contributed by atoms with van der Waals surface area (Å²) >= 11 is 0. The van der Waals surface area contributed by atoms with E-state index in [1.165, 1.54) is 11.3 Å². The standard InChI is InChI=1S/C18H27N3O2/c1-14-13-19-8-4-17(14)20-10-5-15(6-11-20)18(23)21-9-2-3-16(22)7-12-21/h4,8,13,15-16,22H,2-3,5-7,9-12H2,1H3. The molecule has 2 fully saturated rings. The summed E-state index contributed by atoms with van der Waals surface area (Å²) < 4.78 is 0. The zero-order chi connectivity index (χ0) is 16.2. The van der Waals surface area contributed by atoms with Gasteiger partial charge in [0.05, 0.1) is 6.10 Å². The molecule has 0 bridgehead atoms. The van der Waals surface area contributed by atoms with Gasteiger partial charge in [0.1, 0.15) is 0 Å². The highest BCUT2D eigenvalue weighted by Crippen LogP contribution is 2.27. The van der Waals surface area contributed by atoms with Gasteiger partial charge in [-0.15, -0.1) is 0 Å². The number of nitrogens with zero attached hydrogens (tertiary/aromatic N) is 3. The third kappa shape index (κ3) is 3.83. The number of hydrogen-bond donors (Lipinski definition) is 1. The van der Waals surface area contributed by atoms with Crippen molar-refractivity contribution in [3.8, 4) is 0 Å². The lowest BCUT2D eigenvalue weighted by Crippen LogP contribution is -2.43. The number of carbonyl (C=O) groups is 1. The lowest BCUT2D eigenvalue weighted by molar-refractivity contribution is -0.136. The van der Waals surface area contributed by atoms with Crippen LogP contribution >= 0.6 is 0 Å². The van der Waals surface area contributed by atoms with Gasteiger partial charge in [0.25, 0.3) is 0 Å². The van der Waals surface area contributed by atoms with Gasteiger partial charge in [0.15, 0.2) is 0 Å². The number of aliphatic hydroxyl groups is 1. The number of hydrogen-bond acceptors (Lipinski definition) is 4. The highest BCUT2D eigenvalue weighted by Gasteiger charge is 2.30. The maximum absolute atomic E-state index is 12.7. The van der Waals surface area contributed by atoms with Gasteiger partial charge in [-0.1, -0.05) is 0 Å². The third-order valence-electron chi connectivity index (χ3n) is 5.18. The summed E-state index contributed by atoms with van der Waals surface area (Å²) in [5.41, 5.74) is 2.43. The van der Waals surface area contributed by atoms with Crippen LogP contribution in [0.5, 0.6) is 0 Å². The van der Waals surface area contributed by atoms with E-state index in [1.54, 1.807) is 0 Å². The lowest BCUT2D eigenvalue weighted by atomic mass is 9.94. The molecule has 2 aliphatic rings. The second-order valence-corrected chi connectivity index (χ2v) is 6.83. The Labute approximate surface area is 138 Å². The van der Waals surface area contributed by atoms with Gasteiger partial charge in [-0.05, 0) is 50.7 Å². The van der Waals surface area contributed by atoms with E-state index in [-0.39, 0.29) is 12.0 Å². The SMILES string of the molecule is Cc1cnccc1N1CCC(C(=O)N2CCCC(O)CC2)CC1. The highest BCUT2D eigenvalue weighted by molar-refractivity contribution is 5.79. The first-order valence-electron chi connectivity index (χ1n) is 8.77. The minimum absolute atomic E-state index is 0.142. The first-order valence-corrected chi connectivity index (χ1v) is 8.77. The second kappa shape index (κ2) is 7.30.